The van der Waals surface area contributed by atoms with Gasteiger partial charge < -0.3 is 14.9 Å². The number of carbonyl (C=O) groups is 2. The van der Waals surface area contributed by atoms with Crippen molar-refractivity contribution in [1.82, 2.24) is 14.8 Å². The van der Waals surface area contributed by atoms with E-state index in [0.717, 1.165) is 18.4 Å². The highest BCUT2D eigenvalue weighted by Crippen LogP contribution is 2.27. The van der Waals surface area contributed by atoms with Crippen LogP contribution >= 0.6 is 0 Å². The van der Waals surface area contributed by atoms with Crippen molar-refractivity contribution in [2.45, 2.75) is 25.4 Å². The molecule has 2 amide bonds. The Balaban J connectivity index is 1.78. The van der Waals surface area contributed by atoms with Gasteiger partial charge in [-0.3, -0.25) is 9.78 Å². The van der Waals surface area contributed by atoms with Crippen LogP contribution in [-0.4, -0.2) is 51.0 Å². The molecule has 1 fully saturated rings. The molecule has 1 aromatic rings. The zero-order chi connectivity index (χ0) is 13.4. The van der Waals surface area contributed by atoms with Gasteiger partial charge >= 0.3 is 6.09 Å². The number of aromatic nitrogens is 1. The number of pyridine rings is 1. The SMILES string of the molecule is O=C(O)N1CCCC(N2Cc3cnccc3C2=O)C1. The predicted molar refractivity (Wildman–Crippen MR) is 66.7 cm³/mol. The Morgan fingerprint density at radius 2 is 2.32 bits per heavy atom. The number of hydrogen-bond acceptors (Lipinski definition) is 3. The van der Waals surface area contributed by atoms with Crippen LogP contribution in [-0.2, 0) is 6.54 Å². The number of likely N-dealkylation sites (tertiary alicyclic amines) is 1. The summed E-state index contributed by atoms with van der Waals surface area (Å²) in [7, 11) is 0. The van der Waals surface area contributed by atoms with Crippen LogP contribution in [0.25, 0.3) is 0 Å². The van der Waals surface area contributed by atoms with Gasteiger partial charge in [0.05, 0.1) is 6.04 Å². The molecule has 0 bridgehead atoms. The summed E-state index contributed by atoms with van der Waals surface area (Å²) in [6.07, 6.45) is 4.08. The average molecular weight is 261 g/mol. The lowest BCUT2D eigenvalue weighted by Gasteiger charge is -2.36. The maximum absolute atomic E-state index is 12.3. The van der Waals surface area contributed by atoms with Crippen molar-refractivity contribution in [1.29, 1.82) is 0 Å². The van der Waals surface area contributed by atoms with Crippen LogP contribution in [0.15, 0.2) is 18.5 Å². The van der Waals surface area contributed by atoms with Crippen LogP contribution in [0.5, 0.6) is 0 Å². The molecule has 0 saturated carbocycles. The number of rotatable bonds is 1. The first-order valence-corrected chi connectivity index (χ1v) is 6.38. The Kier molecular flexibility index (Phi) is 2.85. The lowest BCUT2D eigenvalue weighted by molar-refractivity contribution is 0.0559. The summed E-state index contributed by atoms with van der Waals surface area (Å²) in [5, 5.41) is 9.05. The fourth-order valence-corrected chi connectivity index (χ4v) is 2.85. The zero-order valence-corrected chi connectivity index (χ0v) is 10.5. The van der Waals surface area contributed by atoms with E-state index in [2.05, 4.69) is 4.98 Å². The lowest BCUT2D eigenvalue weighted by Crippen LogP contribution is -2.49. The fraction of sp³-hybridized carbons (Fsp3) is 0.462. The van der Waals surface area contributed by atoms with Gasteiger partial charge in [-0.05, 0) is 18.9 Å². The molecule has 1 N–H and O–H groups in total. The summed E-state index contributed by atoms with van der Waals surface area (Å²) in [5.41, 5.74) is 1.63. The lowest BCUT2D eigenvalue weighted by atomic mass is 10.0. The fourth-order valence-electron chi connectivity index (χ4n) is 2.85. The van der Waals surface area contributed by atoms with Crippen molar-refractivity contribution in [3.05, 3.63) is 29.6 Å². The molecule has 1 saturated heterocycles. The molecule has 1 atom stereocenters. The third kappa shape index (κ3) is 2.03. The Morgan fingerprint density at radius 1 is 1.47 bits per heavy atom. The molecule has 2 aliphatic heterocycles. The van der Waals surface area contributed by atoms with E-state index in [0.29, 0.717) is 25.2 Å². The minimum absolute atomic E-state index is 0.00496. The maximum Gasteiger partial charge on any atom is 0.407 e. The summed E-state index contributed by atoms with van der Waals surface area (Å²) >= 11 is 0. The summed E-state index contributed by atoms with van der Waals surface area (Å²) in [5.74, 6) is -0.00496. The van der Waals surface area contributed by atoms with Crippen LogP contribution in [0.1, 0.15) is 28.8 Å². The van der Waals surface area contributed by atoms with Crippen LogP contribution in [0, 0.1) is 0 Å². The van der Waals surface area contributed by atoms with Gasteiger partial charge in [0, 0.05) is 43.2 Å². The van der Waals surface area contributed by atoms with E-state index in [4.69, 9.17) is 5.11 Å². The largest absolute Gasteiger partial charge is 0.465 e. The number of nitrogens with zero attached hydrogens (tertiary/aromatic N) is 3. The van der Waals surface area contributed by atoms with Gasteiger partial charge in [-0.2, -0.15) is 0 Å². The molecule has 0 radical (unpaired) electrons. The Bertz CT molecular complexity index is 532. The highest BCUT2D eigenvalue weighted by atomic mass is 16.4. The van der Waals surface area contributed by atoms with E-state index in [1.165, 1.54) is 4.90 Å². The highest BCUT2D eigenvalue weighted by molar-refractivity contribution is 5.98. The van der Waals surface area contributed by atoms with Crippen molar-refractivity contribution in [3.63, 3.8) is 0 Å². The third-order valence-electron chi connectivity index (χ3n) is 3.84. The summed E-state index contributed by atoms with van der Waals surface area (Å²) < 4.78 is 0. The third-order valence-corrected chi connectivity index (χ3v) is 3.84. The molecular formula is C13H15N3O3. The van der Waals surface area contributed by atoms with E-state index in [1.54, 1.807) is 23.4 Å². The Hall–Kier alpha value is -2.11. The van der Waals surface area contributed by atoms with E-state index in [-0.39, 0.29) is 11.9 Å². The number of carbonyl (C=O) groups excluding carboxylic acids is 1. The van der Waals surface area contributed by atoms with Gasteiger partial charge in [0.2, 0.25) is 0 Å². The minimum Gasteiger partial charge on any atom is -0.465 e. The van der Waals surface area contributed by atoms with Gasteiger partial charge in [-0.15, -0.1) is 0 Å². The number of carboxylic acid groups (broad SMARTS) is 1. The van der Waals surface area contributed by atoms with Gasteiger partial charge in [0.1, 0.15) is 0 Å². The second-order valence-corrected chi connectivity index (χ2v) is 4.99. The summed E-state index contributed by atoms with van der Waals surface area (Å²) in [6, 6.07) is 1.71. The van der Waals surface area contributed by atoms with Crippen molar-refractivity contribution in [2.24, 2.45) is 0 Å². The second-order valence-electron chi connectivity index (χ2n) is 4.99. The molecule has 2 aliphatic rings. The van der Waals surface area contributed by atoms with Gasteiger partial charge in [-0.1, -0.05) is 0 Å². The molecule has 6 heteroatoms. The molecule has 3 heterocycles. The summed E-state index contributed by atoms with van der Waals surface area (Å²) in [6.45, 7) is 1.50. The normalized spacial score (nSPS) is 22.5. The van der Waals surface area contributed by atoms with E-state index in [9.17, 15) is 9.59 Å². The van der Waals surface area contributed by atoms with Crippen molar-refractivity contribution >= 4 is 12.0 Å². The molecule has 0 aromatic carbocycles. The minimum atomic E-state index is -0.907. The molecule has 1 aromatic heterocycles. The van der Waals surface area contributed by atoms with Crippen molar-refractivity contribution in [3.8, 4) is 0 Å². The molecule has 100 valence electrons. The molecule has 19 heavy (non-hydrogen) atoms. The maximum atomic E-state index is 12.3. The van der Waals surface area contributed by atoms with E-state index in [1.807, 2.05) is 0 Å². The Morgan fingerprint density at radius 3 is 3.05 bits per heavy atom. The number of hydrogen-bond donors (Lipinski definition) is 1. The van der Waals surface area contributed by atoms with Gasteiger partial charge in [-0.25, -0.2) is 4.79 Å². The number of amides is 2. The molecule has 6 nitrogen and oxygen atoms in total. The van der Waals surface area contributed by atoms with E-state index >= 15 is 0 Å². The summed E-state index contributed by atoms with van der Waals surface area (Å²) in [4.78, 5) is 30.5. The molecule has 1 unspecified atom stereocenters. The van der Waals surface area contributed by atoms with Gasteiger partial charge in [0.15, 0.2) is 0 Å². The second kappa shape index (κ2) is 4.53. The smallest absolute Gasteiger partial charge is 0.407 e. The van der Waals surface area contributed by atoms with Crippen molar-refractivity contribution < 1.29 is 14.7 Å². The number of fused-ring (bicyclic) bond motifs is 1. The average Bonchev–Trinajstić information content (AvgIpc) is 2.77. The molecule has 0 spiro atoms. The van der Waals surface area contributed by atoms with Crippen LogP contribution in [0.4, 0.5) is 4.79 Å². The quantitative estimate of drug-likeness (QED) is 0.823. The molecular weight excluding hydrogens is 246 g/mol. The first kappa shape index (κ1) is 12.0. The van der Waals surface area contributed by atoms with Crippen LogP contribution in [0.3, 0.4) is 0 Å². The van der Waals surface area contributed by atoms with Gasteiger partial charge in [0.25, 0.3) is 5.91 Å². The highest BCUT2D eigenvalue weighted by Gasteiger charge is 2.35. The Labute approximate surface area is 110 Å². The van der Waals surface area contributed by atoms with Crippen molar-refractivity contribution in [2.75, 3.05) is 13.1 Å². The standard InChI is InChI=1S/C13H15N3O3/c17-12-11-3-4-14-6-9(11)7-16(12)10-2-1-5-15(8-10)13(18)19/h3-4,6,10H,1-2,5,7-8H2,(H,18,19). The molecule has 0 aliphatic carbocycles. The molecule has 3 rings (SSSR count). The zero-order valence-electron chi connectivity index (χ0n) is 10.5. The first-order chi connectivity index (χ1) is 9.16. The predicted octanol–water partition coefficient (Wildman–Crippen LogP) is 1.18. The number of piperidine rings is 1. The van der Waals surface area contributed by atoms with Crippen LogP contribution < -0.4 is 0 Å². The van der Waals surface area contributed by atoms with E-state index < -0.39 is 6.09 Å². The van der Waals surface area contributed by atoms with Crippen LogP contribution in [0.2, 0.25) is 0 Å². The first-order valence-electron chi connectivity index (χ1n) is 6.38. The monoisotopic (exact) mass is 261 g/mol. The topological polar surface area (TPSA) is 73.7 Å².